The standard InChI is InChI=1S/C22H20BrFN2O5/c1-13(27)25-11-18-12-26(22(29)31-18)17-7-6-15(20(24)10-17)9-19(23)14-4-3-5-16(8-14)21(28)30-2/h3-10,18H,11-12H2,1-2H3,(H,25,27)/b19-9-/t18-/m0/s1. The number of hydrogen-bond acceptors (Lipinski definition) is 5. The number of carbonyl (C=O) groups is 3. The molecule has 1 fully saturated rings. The van der Waals surface area contributed by atoms with E-state index in [9.17, 15) is 18.8 Å². The third-order valence-electron chi connectivity index (χ3n) is 4.59. The van der Waals surface area contributed by atoms with Gasteiger partial charge in [-0.1, -0.05) is 28.1 Å². The molecular formula is C22H20BrFN2O5. The topological polar surface area (TPSA) is 84.9 Å². The number of nitrogens with one attached hydrogen (secondary N) is 1. The Labute approximate surface area is 186 Å². The number of ether oxygens (including phenoxy) is 2. The normalized spacial score (nSPS) is 16.1. The summed E-state index contributed by atoms with van der Waals surface area (Å²) in [5, 5.41) is 2.59. The van der Waals surface area contributed by atoms with E-state index in [4.69, 9.17) is 9.47 Å². The van der Waals surface area contributed by atoms with E-state index in [0.717, 1.165) is 0 Å². The van der Waals surface area contributed by atoms with Crippen LogP contribution in [0.2, 0.25) is 0 Å². The van der Waals surface area contributed by atoms with Crippen molar-refractivity contribution in [1.82, 2.24) is 5.32 Å². The van der Waals surface area contributed by atoms with Gasteiger partial charge in [-0.25, -0.2) is 14.0 Å². The molecule has 0 radical (unpaired) electrons. The lowest BCUT2D eigenvalue weighted by atomic mass is 10.1. The van der Waals surface area contributed by atoms with Crippen LogP contribution in [0.4, 0.5) is 14.9 Å². The van der Waals surface area contributed by atoms with Gasteiger partial charge in [-0.15, -0.1) is 0 Å². The van der Waals surface area contributed by atoms with Crippen molar-refractivity contribution in [1.29, 1.82) is 0 Å². The summed E-state index contributed by atoms with van der Waals surface area (Å²) >= 11 is 3.42. The van der Waals surface area contributed by atoms with Crippen molar-refractivity contribution in [2.24, 2.45) is 0 Å². The average molecular weight is 491 g/mol. The SMILES string of the molecule is COC(=O)c1cccc(/C(Br)=C/c2ccc(N3C[C@H](CNC(C)=O)OC3=O)cc2F)c1. The van der Waals surface area contributed by atoms with Gasteiger partial charge in [-0.3, -0.25) is 9.69 Å². The number of anilines is 1. The van der Waals surface area contributed by atoms with Gasteiger partial charge in [0.25, 0.3) is 0 Å². The maximum Gasteiger partial charge on any atom is 0.414 e. The van der Waals surface area contributed by atoms with Crippen molar-refractivity contribution in [3.63, 3.8) is 0 Å². The quantitative estimate of drug-likeness (QED) is 0.489. The van der Waals surface area contributed by atoms with Gasteiger partial charge < -0.3 is 14.8 Å². The molecule has 1 N–H and O–H groups in total. The van der Waals surface area contributed by atoms with Crippen molar-refractivity contribution in [2.45, 2.75) is 13.0 Å². The first-order valence-electron chi connectivity index (χ1n) is 9.36. The van der Waals surface area contributed by atoms with E-state index < -0.39 is 24.0 Å². The van der Waals surface area contributed by atoms with Gasteiger partial charge in [0, 0.05) is 17.0 Å². The fourth-order valence-electron chi connectivity index (χ4n) is 3.03. The second-order valence-electron chi connectivity index (χ2n) is 6.82. The number of rotatable bonds is 6. The third kappa shape index (κ3) is 5.49. The molecule has 0 aromatic heterocycles. The van der Waals surface area contributed by atoms with Gasteiger partial charge in [0.15, 0.2) is 0 Å². The molecule has 1 aliphatic rings. The van der Waals surface area contributed by atoms with E-state index in [2.05, 4.69) is 21.2 Å². The summed E-state index contributed by atoms with van der Waals surface area (Å²) in [4.78, 5) is 36.2. The lowest BCUT2D eigenvalue weighted by Gasteiger charge is -2.14. The minimum Gasteiger partial charge on any atom is -0.465 e. The second-order valence-corrected chi connectivity index (χ2v) is 7.68. The van der Waals surface area contributed by atoms with Crippen molar-refractivity contribution in [3.05, 3.63) is 65.0 Å². The summed E-state index contributed by atoms with van der Waals surface area (Å²) in [5.74, 6) is -1.22. The zero-order valence-electron chi connectivity index (χ0n) is 16.9. The highest BCUT2D eigenvalue weighted by atomic mass is 79.9. The fourth-order valence-corrected chi connectivity index (χ4v) is 3.52. The van der Waals surface area contributed by atoms with Crippen LogP contribution >= 0.6 is 15.9 Å². The number of carbonyl (C=O) groups excluding carboxylic acids is 3. The molecule has 3 rings (SSSR count). The Bertz CT molecular complexity index is 1060. The molecule has 0 saturated carbocycles. The summed E-state index contributed by atoms with van der Waals surface area (Å²) in [5.41, 5.74) is 1.70. The van der Waals surface area contributed by atoms with E-state index in [1.807, 2.05) is 0 Å². The zero-order valence-corrected chi connectivity index (χ0v) is 18.4. The van der Waals surface area contributed by atoms with Crippen LogP contribution in [0.5, 0.6) is 0 Å². The smallest absolute Gasteiger partial charge is 0.414 e. The summed E-state index contributed by atoms with van der Waals surface area (Å²) < 4.78 is 25.2. The van der Waals surface area contributed by atoms with Crippen LogP contribution in [0.1, 0.15) is 28.4 Å². The third-order valence-corrected chi connectivity index (χ3v) is 5.28. The molecule has 31 heavy (non-hydrogen) atoms. The molecule has 2 amide bonds. The molecule has 7 nitrogen and oxygen atoms in total. The van der Waals surface area contributed by atoms with Crippen molar-refractivity contribution < 1.29 is 28.2 Å². The summed E-state index contributed by atoms with van der Waals surface area (Å²) in [6.45, 7) is 1.77. The van der Waals surface area contributed by atoms with Gasteiger partial charge >= 0.3 is 12.1 Å². The first kappa shape index (κ1) is 22.5. The first-order valence-corrected chi connectivity index (χ1v) is 10.2. The highest BCUT2D eigenvalue weighted by molar-refractivity contribution is 9.15. The van der Waals surface area contributed by atoms with Crippen LogP contribution in [-0.2, 0) is 14.3 Å². The second kappa shape index (κ2) is 9.74. The molecule has 0 unspecified atom stereocenters. The number of benzene rings is 2. The van der Waals surface area contributed by atoms with Crippen molar-refractivity contribution >= 4 is 50.1 Å². The molecule has 1 atom stereocenters. The van der Waals surface area contributed by atoms with Gasteiger partial charge in [0.1, 0.15) is 11.9 Å². The van der Waals surface area contributed by atoms with E-state index in [-0.39, 0.29) is 19.0 Å². The number of amides is 2. The number of methoxy groups -OCH3 is 1. The summed E-state index contributed by atoms with van der Waals surface area (Å²) in [6.07, 6.45) is 0.478. The molecule has 162 valence electrons. The fraction of sp³-hybridized carbons (Fsp3) is 0.227. The maximum atomic E-state index is 14.7. The number of hydrogen-bond donors (Lipinski definition) is 1. The van der Waals surface area contributed by atoms with Crippen LogP contribution in [0, 0.1) is 5.82 Å². The summed E-state index contributed by atoms with van der Waals surface area (Å²) in [7, 11) is 1.30. The minimum atomic E-state index is -0.598. The number of nitrogens with zero attached hydrogens (tertiary/aromatic N) is 1. The lowest BCUT2D eigenvalue weighted by molar-refractivity contribution is -0.119. The zero-order chi connectivity index (χ0) is 22.5. The van der Waals surface area contributed by atoms with Crippen LogP contribution in [0.25, 0.3) is 10.6 Å². The Morgan fingerprint density at radius 2 is 2.03 bits per heavy atom. The number of halogens is 2. The van der Waals surface area contributed by atoms with Crippen LogP contribution in [0.3, 0.4) is 0 Å². The number of esters is 1. The van der Waals surface area contributed by atoms with E-state index in [1.54, 1.807) is 42.5 Å². The molecule has 1 saturated heterocycles. The van der Waals surface area contributed by atoms with E-state index in [1.165, 1.54) is 25.0 Å². The largest absolute Gasteiger partial charge is 0.465 e. The van der Waals surface area contributed by atoms with Gasteiger partial charge in [-0.2, -0.15) is 0 Å². The Morgan fingerprint density at radius 1 is 1.29 bits per heavy atom. The van der Waals surface area contributed by atoms with Gasteiger partial charge in [0.05, 0.1) is 31.5 Å². The number of cyclic esters (lactones) is 1. The maximum absolute atomic E-state index is 14.7. The van der Waals surface area contributed by atoms with E-state index in [0.29, 0.717) is 26.9 Å². The monoisotopic (exact) mass is 490 g/mol. The first-order chi connectivity index (χ1) is 14.8. The molecule has 0 spiro atoms. The van der Waals surface area contributed by atoms with Crippen molar-refractivity contribution in [2.75, 3.05) is 25.1 Å². The lowest BCUT2D eigenvalue weighted by Crippen LogP contribution is -2.33. The van der Waals surface area contributed by atoms with Gasteiger partial charge in [-0.05, 0) is 42.0 Å². The Morgan fingerprint density at radius 3 is 2.71 bits per heavy atom. The highest BCUT2D eigenvalue weighted by Crippen LogP contribution is 2.29. The predicted octanol–water partition coefficient (Wildman–Crippen LogP) is 3.97. The molecule has 0 bridgehead atoms. The molecular weight excluding hydrogens is 471 g/mol. The molecule has 1 heterocycles. The molecule has 1 aliphatic heterocycles. The van der Waals surface area contributed by atoms with Gasteiger partial charge in [0.2, 0.25) is 5.91 Å². The minimum absolute atomic E-state index is 0.193. The van der Waals surface area contributed by atoms with Crippen LogP contribution in [0.15, 0.2) is 42.5 Å². The Hall–Kier alpha value is -3.20. The molecule has 9 heteroatoms. The molecule has 2 aromatic carbocycles. The highest BCUT2D eigenvalue weighted by Gasteiger charge is 2.32. The summed E-state index contributed by atoms with van der Waals surface area (Å²) in [6, 6.07) is 11.1. The van der Waals surface area contributed by atoms with E-state index >= 15 is 0 Å². The van der Waals surface area contributed by atoms with Crippen molar-refractivity contribution in [3.8, 4) is 0 Å². The molecule has 2 aromatic rings. The predicted molar refractivity (Wildman–Crippen MR) is 117 cm³/mol. The Balaban J connectivity index is 1.77. The van der Waals surface area contributed by atoms with Crippen LogP contribution < -0.4 is 10.2 Å². The average Bonchev–Trinajstić information content (AvgIpc) is 3.13. The molecule has 0 aliphatic carbocycles. The van der Waals surface area contributed by atoms with Crippen LogP contribution in [-0.4, -0.2) is 44.3 Å². The Kier molecular flexibility index (Phi) is 7.06.